The number of aliphatic hydroxyl groups excluding tert-OH is 1. The molecule has 0 aliphatic rings. The molecule has 6 nitrogen and oxygen atoms in total. The zero-order valence-corrected chi connectivity index (χ0v) is 13.8. The molecule has 0 spiro atoms. The number of nitrogens with one attached hydrogen (secondary N) is 1. The third kappa shape index (κ3) is 3.14. The van der Waals surface area contributed by atoms with Gasteiger partial charge in [-0.2, -0.15) is 5.10 Å². The van der Waals surface area contributed by atoms with E-state index >= 15 is 0 Å². The summed E-state index contributed by atoms with van der Waals surface area (Å²) in [4.78, 5) is 0. The molecule has 0 bridgehead atoms. The molecule has 0 unspecified atom stereocenters. The molecule has 0 fully saturated rings. The van der Waals surface area contributed by atoms with Crippen molar-refractivity contribution in [2.45, 2.75) is 26.9 Å². The van der Waals surface area contributed by atoms with Gasteiger partial charge in [0.15, 0.2) is 0 Å². The van der Waals surface area contributed by atoms with Crippen LogP contribution in [0.5, 0.6) is 5.75 Å². The van der Waals surface area contributed by atoms with Crippen LogP contribution >= 0.6 is 0 Å². The predicted molar refractivity (Wildman–Crippen MR) is 91.9 cm³/mol. The van der Waals surface area contributed by atoms with E-state index in [9.17, 15) is 10.2 Å². The van der Waals surface area contributed by atoms with Crippen LogP contribution in [0.3, 0.4) is 0 Å². The van der Waals surface area contributed by atoms with Crippen molar-refractivity contribution in [1.82, 2.24) is 9.78 Å². The number of benzene rings is 1. The molecule has 0 amide bonds. The molecule has 1 aromatic carbocycles. The first-order valence-electron chi connectivity index (χ1n) is 7.84. The van der Waals surface area contributed by atoms with Crippen molar-refractivity contribution in [3.63, 3.8) is 0 Å². The van der Waals surface area contributed by atoms with E-state index in [0.717, 1.165) is 34.0 Å². The van der Waals surface area contributed by atoms with Crippen LogP contribution < -0.4 is 5.32 Å². The second-order valence-electron chi connectivity index (χ2n) is 5.69. The van der Waals surface area contributed by atoms with Crippen LogP contribution in [0.4, 0.5) is 5.82 Å². The highest BCUT2D eigenvalue weighted by Gasteiger charge is 2.13. The highest BCUT2D eigenvalue weighted by Crippen LogP contribution is 2.27. The molecule has 0 radical (unpaired) electrons. The van der Waals surface area contributed by atoms with E-state index in [1.807, 2.05) is 44.2 Å². The number of para-hydroxylation sites is 1. The number of aliphatic hydroxyl groups is 1. The van der Waals surface area contributed by atoms with Gasteiger partial charge in [-0.05, 0) is 25.5 Å². The maximum atomic E-state index is 10.1. The monoisotopic (exact) mass is 327 g/mol. The van der Waals surface area contributed by atoms with Crippen LogP contribution in [0.1, 0.15) is 16.9 Å². The van der Waals surface area contributed by atoms with E-state index in [0.29, 0.717) is 18.8 Å². The first-order chi connectivity index (χ1) is 11.6. The van der Waals surface area contributed by atoms with E-state index in [4.69, 9.17) is 4.42 Å². The molecular weight excluding hydrogens is 306 g/mol. The Kier molecular flexibility index (Phi) is 4.57. The van der Waals surface area contributed by atoms with Gasteiger partial charge in [-0.3, -0.25) is 0 Å². The Hall–Kier alpha value is -2.73. The molecule has 6 heteroatoms. The van der Waals surface area contributed by atoms with Crippen molar-refractivity contribution in [1.29, 1.82) is 0 Å². The molecule has 0 atom stereocenters. The first kappa shape index (κ1) is 16.1. The number of phenols is 1. The van der Waals surface area contributed by atoms with Gasteiger partial charge in [0.25, 0.3) is 0 Å². The number of phenolic OH excluding ortho intramolecular Hbond substituents is 1. The van der Waals surface area contributed by atoms with Gasteiger partial charge in [0.2, 0.25) is 0 Å². The van der Waals surface area contributed by atoms with Crippen molar-refractivity contribution in [2.75, 3.05) is 11.9 Å². The highest BCUT2D eigenvalue weighted by molar-refractivity contribution is 5.64. The number of anilines is 1. The number of rotatable bonds is 6. The number of aromatic hydroxyl groups is 1. The van der Waals surface area contributed by atoms with Crippen molar-refractivity contribution in [3.8, 4) is 17.0 Å². The van der Waals surface area contributed by atoms with Crippen molar-refractivity contribution in [2.24, 2.45) is 0 Å². The fraction of sp³-hybridized carbons (Fsp3) is 0.278. The predicted octanol–water partition coefficient (Wildman–Crippen LogP) is 3.07. The van der Waals surface area contributed by atoms with Crippen LogP contribution in [0.25, 0.3) is 11.3 Å². The molecule has 0 saturated heterocycles. The topological polar surface area (TPSA) is 83.5 Å². The summed E-state index contributed by atoms with van der Waals surface area (Å²) in [6, 6.07) is 9.45. The van der Waals surface area contributed by atoms with Crippen LogP contribution in [0.15, 0.2) is 41.0 Å². The number of hydrogen-bond donors (Lipinski definition) is 3. The van der Waals surface area contributed by atoms with E-state index in [2.05, 4.69) is 10.4 Å². The summed E-state index contributed by atoms with van der Waals surface area (Å²) >= 11 is 0. The van der Waals surface area contributed by atoms with Crippen LogP contribution in [0, 0.1) is 13.8 Å². The second-order valence-corrected chi connectivity index (χ2v) is 5.69. The average Bonchev–Trinajstić information content (AvgIpc) is 3.15. The number of aromatic nitrogens is 2. The van der Waals surface area contributed by atoms with Crippen LogP contribution in [0.2, 0.25) is 0 Å². The summed E-state index contributed by atoms with van der Waals surface area (Å²) in [7, 11) is 0. The zero-order valence-electron chi connectivity index (χ0n) is 13.8. The Bertz CT molecular complexity index is 836. The summed E-state index contributed by atoms with van der Waals surface area (Å²) in [5, 5.41) is 27.2. The van der Waals surface area contributed by atoms with Gasteiger partial charge >= 0.3 is 0 Å². The van der Waals surface area contributed by atoms with Crippen molar-refractivity contribution < 1.29 is 14.6 Å². The second kappa shape index (κ2) is 6.80. The van der Waals surface area contributed by atoms with E-state index in [-0.39, 0.29) is 6.61 Å². The average molecular weight is 327 g/mol. The van der Waals surface area contributed by atoms with Gasteiger partial charge in [-0.25, -0.2) is 4.68 Å². The SMILES string of the molecule is Cc1cccc(CNc2cc(-c3ccoc3C)nn2CCO)c1O. The normalized spacial score (nSPS) is 11.0. The number of nitrogens with zero attached hydrogens (tertiary/aromatic N) is 2. The molecule has 3 aromatic rings. The Morgan fingerprint density at radius 1 is 1.25 bits per heavy atom. The van der Waals surface area contributed by atoms with Crippen LogP contribution in [-0.4, -0.2) is 26.6 Å². The number of furan rings is 1. The maximum Gasteiger partial charge on any atom is 0.125 e. The van der Waals surface area contributed by atoms with Crippen LogP contribution in [-0.2, 0) is 13.1 Å². The lowest BCUT2D eigenvalue weighted by molar-refractivity contribution is 0.270. The fourth-order valence-corrected chi connectivity index (χ4v) is 2.65. The molecule has 0 saturated carbocycles. The Morgan fingerprint density at radius 2 is 2.08 bits per heavy atom. The van der Waals surface area contributed by atoms with Crippen molar-refractivity contribution in [3.05, 3.63) is 53.5 Å². The smallest absolute Gasteiger partial charge is 0.125 e. The van der Waals surface area contributed by atoms with Gasteiger partial charge in [0, 0.05) is 23.7 Å². The minimum atomic E-state index is -0.00410. The lowest BCUT2D eigenvalue weighted by Gasteiger charge is -2.11. The Labute approximate surface area is 140 Å². The zero-order chi connectivity index (χ0) is 17.1. The largest absolute Gasteiger partial charge is 0.507 e. The molecule has 2 heterocycles. The van der Waals surface area contributed by atoms with Gasteiger partial charge in [-0.15, -0.1) is 0 Å². The fourth-order valence-electron chi connectivity index (χ4n) is 2.65. The Morgan fingerprint density at radius 3 is 2.79 bits per heavy atom. The van der Waals surface area contributed by atoms with E-state index < -0.39 is 0 Å². The molecule has 3 N–H and O–H groups in total. The summed E-state index contributed by atoms with van der Waals surface area (Å²) in [5.74, 6) is 1.87. The van der Waals surface area contributed by atoms with Crippen molar-refractivity contribution >= 4 is 5.82 Å². The quantitative estimate of drug-likeness (QED) is 0.648. The molecular formula is C18H21N3O3. The van der Waals surface area contributed by atoms with Gasteiger partial charge < -0.3 is 19.9 Å². The summed E-state index contributed by atoms with van der Waals surface area (Å²) in [6.07, 6.45) is 1.63. The molecule has 3 rings (SSSR count). The van der Waals surface area contributed by atoms with E-state index in [1.165, 1.54) is 0 Å². The standard InChI is InChI=1S/C18H21N3O3/c1-12-4-3-5-14(18(12)23)11-19-17-10-16(20-21(17)7-8-22)15-6-9-24-13(15)2/h3-6,9-10,19,22-23H,7-8,11H2,1-2H3. The van der Waals surface area contributed by atoms with Gasteiger partial charge in [0.05, 0.1) is 25.1 Å². The molecule has 126 valence electrons. The maximum absolute atomic E-state index is 10.1. The molecule has 0 aliphatic heterocycles. The highest BCUT2D eigenvalue weighted by atomic mass is 16.3. The van der Waals surface area contributed by atoms with Gasteiger partial charge in [0.1, 0.15) is 17.3 Å². The van der Waals surface area contributed by atoms with Gasteiger partial charge in [-0.1, -0.05) is 18.2 Å². The first-order valence-corrected chi connectivity index (χ1v) is 7.84. The Balaban J connectivity index is 1.85. The minimum absolute atomic E-state index is 0.00410. The number of aryl methyl sites for hydroxylation is 2. The number of hydrogen-bond acceptors (Lipinski definition) is 5. The molecule has 24 heavy (non-hydrogen) atoms. The third-order valence-electron chi connectivity index (χ3n) is 4.01. The minimum Gasteiger partial charge on any atom is -0.507 e. The summed E-state index contributed by atoms with van der Waals surface area (Å²) in [5.41, 5.74) is 3.36. The third-order valence-corrected chi connectivity index (χ3v) is 4.01. The molecule has 2 aromatic heterocycles. The molecule has 0 aliphatic carbocycles. The summed E-state index contributed by atoms with van der Waals surface area (Å²) < 4.78 is 7.05. The lowest BCUT2D eigenvalue weighted by Crippen LogP contribution is -2.10. The lowest BCUT2D eigenvalue weighted by atomic mass is 10.1. The van der Waals surface area contributed by atoms with E-state index in [1.54, 1.807) is 10.9 Å². The summed E-state index contributed by atoms with van der Waals surface area (Å²) in [6.45, 7) is 4.61.